The zero-order chi connectivity index (χ0) is 11.4. The predicted octanol–water partition coefficient (Wildman–Crippen LogP) is 3.50. The smallest absolute Gasteiger partial charge is 0.0136 e. The number of nitrogens with one attached hydrogen (secondary N) is 1. The summed E-state index contributed by atoms with van der Waals surface area (Å²) in [6.07, 6.45) is 5.44. The van der Waals surface area contributed by atoms with Crippen LogP contribution in [0.25, 0.3) is 0 Å². The van der Waals surface area contributed by atoms with Crippen molar-refractivity contribution >= 4 is 0 Å². The second-order valence-electron chi connectivity index (χ2n) is 5.01. The standard InChI is InChI=1S/C15H23N/c1-3-16-13(2)15(11-7-8-12-15)14-9-5-4-6-10-14/h4-6,9-10,13,16H,3,7-8,11-12H2,1-2H3. The molecule has 1 heteroatoms. The zero-order valence-corrected chi connectivity index (χ0v) is 10.5. The van der Waals surface area contributed by atoms with Gasteiger partial charge >= 0.3 is 0 Å². The minimum Gasteiger partial charge on any atom is -0.314 e. The predicted molar refractivity (Wildman–Crippen MR) is 69.7 cm³/mol. The van der Waals surface area contributed by atoms with Crippen molar-refractivity contribution in [2.24, 2.45) is 0 Å². The number of rotatable bonds is 4. The Morgan fingerprint density at radius 3 is 2.38 bits per heavy atom. The Kier molecular flexibility index (Phi) is 3.65. The van der Waals surface area contributed by atoms with Crippen LogP contribution in [0, 0.1) is 0 Å². The summed E-state index contributed by atoms with van der Waals surface area (Å²) < 4.78 is 0. The van der Waals surface area contributed by atoms with Gasteiger partial charge in [-0.1, -0.05) is 50.1 Å². The average molecular weight is 217 g/mol. The summed E-state index contributed by atoms with van der Waals surface area (Å²) in [5.41, 5.74) is 1.91. The van der Waals surface area contributed by atoms with Crippen LogP contribution in [0.3, 0.4) is 0 Å². The Bertz CT molecular complexity index is 311. The van der Waals surface area contributed by atoms with E-state index in [1.807, 2.05) is 0 Å². The van der Waals surface area contributed by atoms with Crippen LogP contribution in [0.2, 0.25) is 0 Å². The van der Waals surface area contributed by atoms with E-state index < -0.39 is 0 Å². The van der Waals surface area contributed by atoms with E-state index in [4.69, 9.17) is 0 Å². The van der Waals surface area contributed by atoms with E-state index in [9.17, 15) is 0 Å². The fraction of sp³-hybridized carbons (Fsp3) is 0.600. The maximum absolute atomic E-state index is 3.63. The highest BCUT2D eigenvalue weighted by Crippen LogP contribution is 2.43. The molecule has 1 unspecified atom stereocenters. The third kappa shape index (κ3) is 2.01. The van der Waals surface area contributed by atoms with E-state index in [-0.39, 0.29) is 0 Å². The van der Waals surface area contributed by atoms with Gasteiger partial charge in [-0.05, 0) is 31.9 Å². The van der Waals surface area contributed by atoms with Crippen LogP contribution >= 0.6 is 0 Å². The van der Waals surface area contributed by atoms with Gasteiger partial charge in [0, 0.05) is 11.5 Å². The lowest BCUT2D eigenvalue weighted by molar-refractivity contribution is 0.318. The molecule has 0 amide bonds. The molecule has 0 aromatic heterocycles. The molecule has 1 atom stereocenters. The molecule has 1 nitrogen and oxygen atoms in total. The SMILES string of the molecule is CCNC(C)C1(c2ccccc2)CCCC1. The van der Waals surface area contributed by atoms with Gasteiger partial charge in [0.05, 0.1) is 0 Å². The summed E-state index contributed by atoms with van der Waals surface area (Å²) >= 11 is 0. The molecular formula is C15H23N. The Morgan fingerprint density at radius 2 is 1.81 bits per heavy atom. The monoisotopic (exact) mass is 217 g/mol. The molecule has 0 bridgehead atoms. The molecule has 1 saturated carbocycles. The molecule has 1 aromatic carbocycles. The van der Waals surface area contributed by atoms with Gasteiger partial charge in [-0.25, -0.2) is 0 Å². The van der Waals surface area contributed by atoms with E-state index in [1.54, 1.807) is 0 Å². The van der Waals surface area contributed by atoms with Crippen molar-refractivity contribution in [2.45, 2.75) is 51.0 Å². The normalized spacial score (nSPS) is 20.9. The molecule has 1 fully saturated rings. The van der Waals surface area contributed by atoms with Crippen molar-refractivity contribution < 1.29 is 0 Å². The molecule has 0 radical (unpaired) electrons. The second-order valence-corrected chi connectivity index (χ2v) is 5.01. The van der Waals surface area contributed by atoms with Gasteiger partial charge in [-0.3, -0.25) is 0 Å². The fourth-order valence-corrected chi connectivity index (χ4v) is 3.25. The lowest BCUT2D eigenvalue weighted by Crippen LogP contribution is -2.44. The van der Waals surface area contributed by atoms with Gasteiger partial charge in [-0.2, -0.15) is 0 Å². The van der Waals surface area contributed by atoms with Gasteiger partial charge in [-0.15, -0.1) is 0 Å². The van der Waals surface area contributed by atoms with Gasteiger partial charge in [0.2, 0.25) is 0 Å². The minimum absolute atomic E-state index is 0.386. The molecule has 16 heavy (non-hydrogen) atoms. The first-order valence-electron chi connectivity index (χ1n) is 6.58. The van der Waals surface area contributed by atoms with Crippen LogP contribution < -0.4 is 5.32 Å². The van der Waals surface area contributed by atoms with Crippen LogP contribution in [0.5, 0.6) is 0 Å². The Hall–Kier alpha value is -0.820. The quantitative estimate of drug-likeness (QED) is 0.814. The van der Waals surface area contributed by atoms with Gasteiger partial charge in [0.1, 0.15) is 0 Å². The summed E-state index contributed by atoms with van der Waals surface area (Å²) in [6, 6.07) is 11.7. The first-order chi connectivity index (χ1) is 7.79. The van der Waals surface area contributed by atoms with Crippen molar-refractivity contribution in [2.75, 3.05) is 6.54 Å². The molecule has 0 spiro atoms. The van der Waals surface area contributed by atoms with E-state index >= 15 is 0 Å². The number of benzene rings is 1. The van der Waals surface area contributed by atoms with Crippen LogP contribution in [-0.2, 0) is 5.41 Å². The summed E-state index contributed by atoms with van der Waals surface area (Å²) in [6.45, 7) is 5.61. The molecule has 1 aromatic rings. The summed E-state index contributed by atoms with van der Waals surface area (Å²) in [7, 11) is 0. The summed E-state index contributed by atoms with van der Waals surface area (Å²) in [5.74, 6) is 0. The molecule has 0 saturated heterocycles. The highest BCUT2D eigenvalue weighted by molar-refractivity contribution is 5.28. The van der Waals surface area contributed by atoms with Crippen molar-refractivity contribution in [3.8, 4) is 0 Å². The van der Waals surface area contributed by atoms with E-state index in [1.165, 1.54) is 31.2 Å². The lowest BCUT2D eigenvalue weighted by atomic mass is 9.73. The van der Waals surface area contributed by atoms with Crippen LogP contribution in [0.4, 0.5) is 0 Å². The van der Waals surface area contributed by atoms with Gasteiger partial charge in [0.25, 0.3) is 0 Å². The highest BCUT2D eigenvalue weighted by atomic mass is 14.9. The van der Waals surface area contributed by atoms with E-state index in [2.05, 4.69) is 49.5 Å². The van der Waals surface area contributed by atoms with Crippen LogP contribution in [0.15, 0.2) is 30.3 Å². The first kappa shape index (κ1) is 11.7. The van der Waals surface area contributed by atoms with Crippen molar-refractivity contribution in [3.05, 3.63) is 35.9 Å². The molecule has 88 valence electrons. The second kappa shape index (κ2) is 5.01. The minimum atomic E-state index is 0.386. The number of hydrogen-bond donors (Lipinski definition) is 1. The fourth-order valence-electron chi connectivity index (χ4n) is 3.25. The number of likely N-dealkylation sites (N-methyl/N-ethyl adjacent to an activating group) is 1. The Balaban J connectivity index is 2.28. The topological polar surface area (TPSA) is 12.0 Å². The summed E-state index contributed by atoms with van der Waals surface area (Å²) in [4.78, 5) is 0. The van der Waals surface area contributed by atoms with Crippen LogP contribution in [-0.4, -0.2) is 12.6 Å². The molecular weight excluding hydrogens is 194 g/mol. The van der Waals surface area contributed by atoms with E-state index in [0.29, 0.717) is 11.5 Å². The highest BCUT2D eigenvalue weighted by Gasteiger charge is 2.39. The lowest BCUT2D eigenvalue weighted by Gasteiger charge is -2.36. The van der Waals surface area contributed by atoms with Gasteiger partial charge < -0.3 is 5.32 Å². The van der Waals surface area contributed by atoms with E-state index in [0.717, 1.165) is 6.54 Å². The molecule has 1 aliphatic rings. The molecule has 1 aliphatic carbocycles. The van der Waals surface area contributed by atoms with Crippen molar-refractivity contribution in [1.29, 1.82) is 0 Å². The third-order valence-electron chi connectivity index (χ3n) is 4.18. The maximum atomic E-state index is 3.63. The molecule has 0 heterocycles. The maximum Gasteiger partial charge on any atom is 0.0136 e. The Morgan fingerprint density at radius 1 is 1.19 bits per heavy atom. The average Bonchev–Trinajstić information content (AvgIpc) is 2.81. The Labute approximate surface area is 99.3 Å². The van der Waals surface area contributed by atoms with Crippen molar-refractivity contribution in [1.82, 2.24) is 5.32 Å². The third-order valence-corrected chi connectivity index (χ3v) is 4.18. The van der Waals surface area contributed by atoms with Gasteiger partial charge in [0.15, 0.2) is 0 Å². The molecule has 0 aliphatic heterocycles. The molecule has 2 rings (SSSR count). The summed E-state index contributed by atoms with van der Waals surface area (Å²) in [5, 5.41) is 3.63. The van der Waals surface area contributed by atoms with Crippen molar-refractivity contribution in [3.63, 3.8) is 0 Å². The zero-order valence-electron chi connectivity index (χ0n) is 10.5. The number of hydrogen-bond acceptors (Lipinski definition) is 1. The first-order valence-corrected chi connectivity index (χ1v) is 6.58. The van der Waals surface area contributed by atoms with Crippen LogP contribution in [0.1, 0.15) is 45.1 Å². The molecule has 1 N–H and O–H groups in total. The largest absolute Gasteiger partial charge is 0.314 e.